The maximum Gasteiger partial charge on any atom is 0.220 e. The molecule has 1 aromatic rings. The van der Waals surface area contributed by atoms with Gasteiger partial charge in [-0.25, -0.2) is 0 Å². The third kappa shape index (κ3) is 7.28. The third-order valence-corrected chi connectivity index (χ3v) is 3.70. The van der Waals surface area contributed by atoms with Gasteiger partial charge in [-0.15, -0.1) is 0 Å². The van der Waals surface area contributed by atoms with Crippen LogP contribution in [0.5, 0.6) is 0 Å². The molecule has 2 amide bonds. The summed E-state index contributed by atoms with van der Waals surface area (Å²) in [5, 5.41) is 5.53. The van der Waals surface area contributed by atoms with E-state index in [1.54, 1.807) is 0 Å². The van der Waals surface area contributed by atoms with E-state index in [1.165, 1.54) is 5.56 Å². The molecule has 128 valence electrons. The van der Waals surface area contributed by atoms with Crippen LogP contribution < -0.4 is 16.4 Å². The molecule has 0 aromatic heterocycles. The molecule has 0 aliphatic heterocycles. The highest BCUT2D eigenvalue weighted by Gasteiger charge is 2.10. The predicted molar refractivity (Wildman–Crippen MR) is 93.0 cm³/mol. The van der Waals surface area contributed by atoms with Crippen molar-refractivity contribution < 1.29 is 9.59 Å². The fourth-order valence-electron chi connectivity index (χ4n) is 2.14. The summed E-state index contributed by atoms with van der Waals surface area (Å²) in [5.74, 6) is 0.250. The van der Waals surface area contributed by atoms with Gasteiger partial charge in [0.15, 0.2) is 0 Å². The summed E-state index contributed by atoms with van der Waals surface area (Å²) in [6.07, 6.45) is 1.29. The molecule has 1 atom stereocenters. The number of carbonyl (C=O) groups excluding carboxylic acids is 2. The Kier molecular flexibility index (Phi) is 8.33. The standard InChI is InChI=1S/C18H29N3O2/c1-4-11-20-17(22)9-10-18(23)21-12-16(19)15-7-5-14(6-8-15)13(2)3/h5-8,13,16H,4,9-12,19H2,1-3H3,(H,20,22)(H,21,23). The van der Waals surface area contributed by atoms with Crippen LogP contribution >= 0.6 is 0 Å². The van der Waals surface area contributed by atoms with Crippen molar-refractivity contribution in [1.29, 1.82) is 0 Å². The van der Waals surface area contributed by atoms with Crippen molar-refractivity contribution in [2.75, 3.05) is 13.1 Å². The van der Waals surface area contributed by atoms with Crippen LogP contribution in [0.15, 0.2) is 24.3 Å². The minimum absolute atomic E-state index is 0.0874. The van der Waals surface area contributed by atoms with Crippen molar-refractivity contribution in [3.05, 3.63) is 35.4 Å². The van der Waals surface area contributed by atoms with Gasteiger partial charge in [-0.2, -0.15) is 0 Å². The molecule has 0 aliphatic rings. The van der Waals surface area contributed by atoms with Crippen molar-refractivity contribution in [2.24, 2.45) is 5.73 Å². The smallest absolute Gasteiger partial charge is 0.220 e. The van der Waals surface area contributed by atoms with Crippen molar-refractivity contribution in [2.45, 2.75) is 52.0 Å². The van der Waals surface area contributed by atoms with Gasteiger partial charge in [-0.1, -0.05) is 45.0 Å². The number of nitrogens with one attached hydrogen (secondary N) is 2. The molecule has 0 saturated carbocycles. The van der Waals surface area contributed by atoms with E-state index in [4.69, 9.17) is 5.73 Å². The zero-order valence-electron chi connectivity index (χ0n) is 14.4. The molecule has 0 saturated heterocycles. The highest BCUT2D eigenvalue weighted by atomic mass is 16.2. The number of amides is 2. The SMILES string of the molecule is CCCNC(=O)CCC(=O)NCC(N)c1ccc(C(C)C)cc1. The van der Waals surface area contributed by atoms with Gasteiger partial charge in [0.2, 0.25) is 11.8 Å². The molecular weight excluding hydrogens is 290 g/mol. The van der Waals surface area contributed by atoms with Crippen LogP contribution in [0.1, 0.15) is 63.1 Å². The third-order valence-electron chi connectivity index (χ3n) is 3.70. The van der Waals surface area contributed by atoms with Gasteiger partial charge in [0.1, 0.15) is 0 Å². The van der Waals surface area contributed by atoms with E-state index in [-0.39, 0.29) is 30.7 Å². The van der Waals surface area contributed by atoms with E-state index in [9.17, 15) is 9.59 Å². The average molecular weight is 319 g/mol. The summed E-state index contributed by atoms with van der Waals surface area (Å²) in [5.41, 5.74) is 8.36. The van der Waals surface area contributed by atoms with E-state index >= 15 is 0 Å². The lowest BCUT2D eigenvalue weighted by Crippen LogP contribution is -2.33. The fourth-order valence-corrected chi connectivity index (χ4v) is 2.14. The zero-order valence-corrected chi connectivity index (χ0v) is 14.4. The molecule has 5 nitrogen and oxygen atoms in total. The van der Waals surface area contributed by atoms with E-state index in [1.807, 2.05) is 19.1 Å². The quantitative estimate of drug-likeness (QED) is 0.652. The van der Waals surface area contributed by atoms with Crippen LogP contribution in [0.2, 0.25) is 0 Å². The van der Waals surface area contributed by atoms with Crippen molar-refractivity contribution in [3.63, 3.8) is 0 Å². The van der Waals surface area contributed by atoms with Gasteiger partial charge < -0.3 is 16.4 Å². The number of nitrogens with two attached hydrogens (primary N) is 1. The summed E-state index contributed by atoms with van der Waals surface area (Å²) in [6, 6.07) is 7.91. The second-order valence-corrected chi connectivity index (χ2v) is 6.08. The molecule has 0 radical (unpaired) electrons. The molecule has 23 heavy (non-hydrogen) atoms. The van der Waals surface area contributed by atoms with E-state index in [2.05, 4.69) is 36.6 Å². The maximum absolute atomic E-state index is 11.8. The first kappa shape index (κ1) is 19.2. The Morgan fingerprint density at radius 2 is 1.52 bits per heavy atom. The molecule has 1 unspecified atom stereocenters. The Morgan fingerprint density at radius 1 is 1.00 bits per heavy atom. The molecule has 4 N–H and O–H groups in total. The number of rotatable bonds is 9. The first-order chi connectivity index (χ1) is 10.9. The number of hydrogen-bond donors (Lipinski definition) is 3. The van der Waals surface area contributed by atoms with Crippen molar-refractivity contribution in [1.82, 2.24) is 10.6 Å². The molecule has 0 fully saturated rings. The summed E-state index contributed by atoms with van der Waals surface area (Å²) in [7, 11) is 0. The van der Waals surface area contributed by atoms with Gasteiger partial charge in [-0.3, -0.25) is 9.59 Å². The van der Waals surface area contributed by atoms with Crippen LogP contribution in [0, 0.1) is 0 Å². The van der Waals surface area contributed by atoms with Gasteiger partial charge in [0, 0.05) is 32.0 Å². The Morgan fingerprint density at radius 3 is 2.04 bits per heavy atom. The lowest BCUT2D eigenvalue weighted by atomic mass is 9.99. The summed E-state index contributed by atoms with van der Waals surface area (Å²) in [4.78, 5) is 23.2. The molecular formula is C18H29N3O2. The highest BCUT2D eigenvalue weighted by molar-refractivity contribution is 5.83. The topological polar surface area (TPSA) is 84.2 Å². The van der Waals surface area contributed by atoms with Gasteiger partial charge in [-0.05, 0) is 23.5 Å². The molecule has 0 bridgehead atoms. The van der Waals surface area contributed by atoms with Crippen molar-refractivity contribution >= 4 is 11.8 Å². The van der Waals surface area contributed by atoms with Crippen molar-refractivity contribution in [3.8, 4) is 0 Å². The largest absolute Gasteiger partial charge is 0.356 e. The Labute approximate surface area is 139 Å². The van der Waals surface area contributed by atoms with Crippen LogP contribution in [0.25, 0.3) is 0 Å². The Hall–Kier alpha value is -1.88. The Balaban J connectivity index is 2.33. The predicted octanol–water partition coefficient (Wildman–Crippen LogP) is 2.23. The summed E-state index contributed by atoms with van der Waals surface area (Å²) in [6.45, 7) is 7.30. The molecule has 0 heterocycles. The first-order valence-electron chi connectivity index (χ1n) is 8.32. The number of benzene rings is 1. The van der Waals surface area contributed by atoms with E-state index in [0.29, 0.717) is 19.0 Å². The molecule has 0 spiro atoms. The van der Waals surface area contributed by atoms with Gasteiger partial charge >= 0.3 is 0 Å². The number of hydrogen-bond acceptors (Lipinski definition) is 3. The summed E-state index contributed by atoms with van der Waals surface area (Å²) >= 11 is 0. The highest BCUT2D eigenvalue weighted by Crippen LogP contribution is 2.17. The summed E-state index contributed by atoms with van der Waals surface area (Å²) < 4.78 is 0. The lowest BCUT2D eigenvalue weighted by molar-refractivity contribution is -0.126. The average Bonchev–Trinajstić information content (AvgIpc) is 2.55. The molecule has 1 rings (SSSR count). The van der Waals surface area contributed by atoms with Gasteiger partial charge in [0.25, 0.3) is 0 Å². The normalized spacial score (nSPS) is 12.0. The van der Waals surface area contributed by atoms with Crippen LogP contribution in [-0.2, 0) is 9.59 Å². The fraction of sp³-hybridized carbons (Fsp3) is 0.556. The van der Waals surface area contributed by atoms with E-state index < -0.39 is 0 Å². The minimum Gasteiger partial charge on any atom is -0.356 e. The van der Waals surface area contributed by atoms with E-state index in [0.717, 1.165) is 12.0 Å². The molecule has 5 heteroatoms. The lowest BCUT2D eigenvalue weighted by Gasteiger charge is -2.14. The molecule has 1 aromatic carbocycles. The molecule has 0 aliphatic carbocycles. The second kappa shape index (κ2) is 10.0. The maximum atomic E-state index is 11.8. The van der Waals surface area contributed by atoms with Crippen LogP contribution in [0.4, 0.5) is 0 Å². The monoisotopic (exact) mass is 319 g/mol. The first-order valence-corrected chi connectivity index (χ1v) is 8.32. The Bertz CT molecular complexity index is 497. The number of carbonyl (C=O) groups is 2. The van der Waals surface area contributed by atoms with Crippen LogP contribution in [0.3, 0.4) is 0 Å². The minimum atomic E-state index is -0.242. The van der Waals surface area contributed by atoms with Gasteiger partial charge in [0.05, 0.1) is 0 Å². The zero-order chi connectivity index (χ0) is 17.2. The van der Waals surface area contributed by atoms with Crippen LogP contribution in [-0.4, -0.2) is 24.9 Å². The second-order valence-electron chi connectivity index (χ2n) is 6.08.